The number of aliphatic hydroxyl groups excluding tert-OH is 1. The van der Waals surface area contributed by atoms with E-state index in [0.717, 1.165) is 5.56 Å². The lowest BCUT2D eigenvalue weighted by molar-refractivity contribution is 0.154. The summed E-state index contributed by atoms with van der Waals surface area (Å²) in [7, 11) is 3.12. The van der Waals surface area contributed by atoms with Crippen LogP contribution in [-0.2, 0) is 13.2 Å². The van der Waals surface area contributed by atoms with Gasteiger partial charge in [0, 0.05) is 12.3 Å². The number of hydrogen-bond donors (Lipinski definition) is 1. The Morgan fingerprint density at radius 1 is 1.00 bits per heavy atom. The molecule has 1 atom stereocenters. The highest BCUT2D eigenvalue weighted by Gasteiger charge is 2.15. The average molecular weight is 395 g/mol. The highest BCUT2D eigenvalue weighted by atomic mass is 16.5. The van der Waals surface area contributed by atoms with E-state index in [1.165, 1.54) is 6.07 Å². The fourth-order valence-corrected chi connectivity index (χ4v) is 3.11. The van der Waals surface area contributed by atoms with Gasteiger partial charge in [-0.15, -0.1) is 0 Å². The fourth-order valence-electron chi connectivity index (χ4n) is 3.11. The zero-order valence-electron chi connectivity index (χ0n) is 16.8. The first kappa shape index (κ1) is 20.5. The maximum atomic E-state index is 12.3. The Morgan fingerprint density at radius 3 is 2.41 bits per heavy atom. The first-order valence-corrected chi connectivity index (χ1v) is 9.30. The monoisotopic (exact) mass is 395 g/mol. The lowest BCUT2D eigenvalue weighted by atomic mass is 10.1. The number of hydrogen-bond acceptors (Lipinski definition) is 5. The summed E-state index contributed by atoms with van der Waals surface area (Å²) in [6.45, 7) is 2.38. The summed E-state index contributed by atoms with van der Waals surface area (Å²) < 4.78 is 18.1. The van der Waals surface area contributed by atoms with Gasteiger partial charge in [-0.2, -0.15) is 0 Å². The molecule has 0 aliphatic heterocycles. The molecule has 0 unspecified atom stereocenters. The molecule has 1 N–H and O–H groups in total. The second kappa shape index (κ2) is 9.30. The van der Waals surface area contributed by atoms with Gasteiger partial charge in [-0.3, -0.25) is 4.79 Å². The molecule has 29 heavy (non-hydrogen) atoms. The van der Waals surface area contributed by atoms with Gasteiger partial charge in [0.1, 0.15) is 6.61 Å². The molecule has 6 heteroatoms. The largest absolute Gasteiger partial charge is 0.493 e. The molecule has 1 heterocycles. The van der Waals surface area contributed by atoms with Gasteiger partial charge < -0.3 is 23.9 Å². The van der Waals surface area contributed by atoms with Crippen LogP contribution in [0, 0.1) is 6.92 Å². The number of rotatable bonds is 8. The van der Waals surface area contributed by atoms with Crippen LogP contribution in [0.1, 0.15) is 22.9 Å². The van der Waals surface area contributed by atoms with Gasteiger partial charge in [0.15, 0.2) is 17.2 Å². The van der Waals surface area contributed by atoms with E-state index in [2.05, 4.69) is 0 Å². The second-order valence-corrected chi connectivity index (χ2v) is 6.65. The molecule has 0 saturated carbocycles. The van der Waals surface area contributed by atoms with Crippen molar-refractivity contribution in [3.05, 3.63) is 87.8 Å². The van der Waals surface area contributed by atoms with Crippen LogP contribution in [0.2, 0.25) is 0 Å². The number of aliphatic hydroxyl groups is 1. The van der Waals surface area contributed by atoms with Gasteiger partial charge in [0.05, 0.1) is 32.6 Å². The summed E-state index contributed by atoms with van der Waals surface area (Å²) in [5.41, 5.74) is 2.14. The van der Waals surface area contributed by atoms with Crippen LogP contribution in [0.3, 0.4) is 0 Å². The molecule has 0 fully saturated rings. The summed E-state index contributed by atoms with van der Waals surface area (Å²) in [5.74, 6) is 1.43. The maximum absolute atomic E-state index is 12.3. The van der Waals surface area contributed by atoms with Crippen LogP contribution < -0.4 is 19.6 Å². The summed E-state index contributed by atoms with van der Waals surface area (Å²) in [6, 6.07) is 16.4. The molecule has 152 valence electrons. The Hall–Kier alpha value is -3.25. The molecular formula is C23H25NO5. The van der Waals surface area contributed by atoms with Gasteiger partial charge in [-0.05, 0) is 30.2 Å². The Kier molecular flexibility index (Phi) is 6.57. The van der Waals surface area contributed by atoms with Gasteiger partial charge in [0.25, 0.3) is 0 Å². The van der Waals surface area contributed by atoms with Crippen molar-refractivity contribution in [3.63, 3.8) is 0 Å². The van der Waals surface area contributed by atoms with E-state index in [4.69, 9.17) is 14.2 Å². The van der Waals surface area contributed by atoms with E-state index in [9.17, 15) is 9.90 Å². The number of pyridine rings is 1. The molecule has 2 aromatic carbocycles. The van der Waals surface area contributed by atoms with Gasteiger partial charge in [-0.25, -0.2) is 0 Å². The van der Waals surface area contributed by atoms with Crippen molar-refractivity contribution in [3.8, 4) is 17.2 Å². The first-order chi connectivity index (χ1) is 14.0. The van der Waals surface area contributed by atoms with E-state index in [0.29, 0.717) is 29.4 Å². The predicted octanol–water partition coefficient (Wildman–Crippen LogP) is 3.49. The number of nitrogens with zero attached hydrogens (tertiary/aromatic N) is 1. The second-order valence-electron chi connectivity index (χ2n) is 6.65. The minimum Gasteiger partial charge on any atom is -0.493 e. The number of ether oxygens (including phenoxy) is 3. The normalized spacial score (nSPS) is 11.7. The van der Waals surface area contributed by atoms with Crippen molar-refractivity contribution in [1.29, 1.82) is 0 Å². The standard InChI is InChI=1S/C23H25NO5/c1-16-23(29-15-17-7-5-4-6-8-17)19(25)11-12-24(16)14-20(26)18-9-10-21(27-2)22(13-18)28-3/h4-13,20,26H,14-15H2,1-3H3/t20-/m0/s1. The van der Waals surface area contributed by atoms with Gasteiger partial charge in [0.2, 0.25) is 5.43 Å². The molecule has 3 rings (SSSR count). The van der Waals surface area contributed by atoms with Crippen molar-refractivity contribution in [2.45, 2.75) is 26.2 Å². The predicted molar refractivity (Wildman–Crippen MR) is 111 cm³/mol. The Morgan fingerprint density at radius 2 is 1.72 bits per heavy atom. The zero-order chi connectivity index (χ0) is 20.8. The average Bonchev–Trinajstić information content (AvgIpc) is 2.75. The molecule has 0 aliphatic carbocycles. The molecule has 0 aliphatic rings. The van der Waals surface area contributed by atoms with Crippen LogP contribution in [0.25, 0.3) is 0 Å². The third kappa shape index (κ3) is 4.78. The van der Waals surface area contributed by atoms with E-state index in [1.807, 2.05) is 41.8 Å². The van der Waals surface area contributed by atoms with Crippen molar-refractivity contribution in [1.82, 2.24) is 4.57 Å². The SMILES string of the molecule is COc1ccc([C@@H](O)Cn2ccc(=O)c(OCc3ccccc3)c2C)cc1OC. The molecule has 0 saturated heterocycles. The number of benzene rings is 2. The lowest BCUT2D eigenvalue weighted by Gasteiger charge is -2.19. The topological polar surface area (TPSA) is 69.9 Å². The quantitative estimate of drug-likeness (QED) is 0.632. The van der Waals surface area contributed by atoms with Gasteiger partial charge in [-0.1, -0.05) is 36.4 Å². The van der Waals surface area contributed by atoms with E-state index < -0.39 is 6.10 Å². The Labute approximate surface area is 169 Å². The molecule has 1 aromatic heterocycles. The summed E-state index contributed by atoms with van der Waals surface area (Å²) in [5, 5.41) is 10.7. The fraction of sp³-hybridized carbons (Fsp3) is 0.261. The first-order valence-electron chi connectivity index (χ1n) is 9.30. The van der Waals surface area contributed by atoms with Crippen molar-refractivity contribution in [2.75, 3.05) is 14.2 Å². The molecule has 0 spiro atoms. The van der Waals surface area contributed by atoms with Crippen molar-refractivity contribution in [2.24, 2.45) is 0 Å². The summed E-state index contributed by atoms with van der Waals surface area (Å²) in [6.07, 6.45) is 0.870. The van der Waals surface area contributed by atoms with E-state index in [-0.39, 0.29) is 17.7 Å². The molecule has 0 amide bonds. The van der Waals surface area contributed by atoms with Crippen molar-refractivity contribution < 1.29 is 19.3 Å². The minimum atomic E-state index is -0.794. The van der Waals surface area contributed by atoms with Crippen LogP contribution in [0.5, 0.6) is 17.2 Å². The van der Waals surface area contributed by atoms with Crippen LogP contribution >= 0.6 is 0 Å². The zero-order valence-corrected chi connectivity index (χ0v) is 16.8. The summed E-state index contributed by atoms with van der Waals surface area (Å²) in [4.78, 5) is 12.3. The Balaban J connectivity index is 1.79. The van der Waals surface area contributed by atoms with Crippen LogP contribution in [-0.4, -0.2) is 23.9 Å². The highest BCUT2D eigenvalue weighted by Crippen LogP contribution is 2.30. The number of aromatic nitrogens is 1. The minimum absolute atomic E-state index is 0.185. The molecule has 0 radical (unpaired) electrons. The highest BCUT2D eigenvalue weighted by molar-refractivity contribution is 5.43. The van der Waals surface area contributed by atoms with Crippen molar-refractivity contribution >= 4 is 0 Å². The molecule has 3 aromatic rings. The molecule has 0 bridgehead atoms. The smallest absolute Gasteiger partial charge is 0.223 e. The van der Waals surface area contributed by atoms with E-state index >= 15 is 0 Å². The van der Waals surface area contributed by atoms with Crippen LogP contribution in [0.4, 0.5) is 0 Å². The van der Waals surface area contributed by atoms with Gasteiger partial charge >= 0.3 is 0 Å². The third-order valence-corrected chi connectivity index (χ3v) is 4.78. The maximum Gasteiger partial charge on any atom is 0.223 e. The molecule has 6 nitrogen and oxygen atoms in total. The lowest BCUT2D eigenvalue weighted by Crippen LogP contribution is -2.17. The molecular weight excluding hydrogens is 370 g/mol. The Bertz CT molecular complexity index is 1010. The van der Waals surface area contributed by atoms with E-state index in [1.54, 1.807) is 38.6 Å². The third-order valence-electron chi connectivity index (χ3n) is 4.78. The van der Waals surface area contributed by atoms with Crippen LogP contribution in [0.15, 0.2) is 65.6 Å². The number of methoxy groups -OCH3 is 2. The summed E-state index contributed by atoms with van der Waals surface area (Å²) >= 11 is 0.